The van der Waals surface area contributed by atoms with Crippen LogP contribution in [0.25, 0.3) is 0 Å². The SMILES string of the molecule is COc1cc(C(=O)O[C@@H](C)C(=O)N[C@@H]2CCCc3ccccc32)cc(NC(=O)c2cccs2)c1OC. The normalized spacial score (nSPS) is 15.2. The average Bonchev–Trinajstić information content (AvgIpc) is 3.43. The standard InChI is InChI=1S/C27H28N2O6S/c1-16(25(30)28-20-11-6-9-17-8-4-5-10-19(17)20)35-27(32)18-14-21(24(34-3)22(15-18)33-2)29-26(31)23-12-7-13-36-23/h4-5,7-8,10,12-16,20H,6,9,11H2,1-3H3,(H,28,30)(H,29,31)/t16-,20+/m0/s1. The first-order valence-electron chi connectivity index (χ1n) is 11.6. The molecule has 1 aliphatic carbocycles. The van der Waals surface area contributed by atoms with Gasteiger partial charge in [0.05, 0.1) is 36.4 Å². The van der Waals surface area contributed by atoms with Crippen molar-refractivity contribution < 1.29 is 28.6 Å². The van der Waals surface area contributed by atoms with Crippen LogP contribution in [0.15, 0.2) is 53.9 Å². The lowest BCUT2D eigenvalue weighted by molar-refractivity contribution is -0.130. The summed E-state index contributed by atoms with van der Waals surface area (Å²) in [6, 6.07) is 14.3. The number of fused-ring (bicyclic) bond motifs is 1. The lowest BCUT2D eigenvalue weighted by atomic mass is 9.87. The van der Waals surface area contributed by atoms with Crippen molar-refractivity contribution in [1.29, 1.82) is 0 Å². The molecule has 0 saturated heterocycles. The molecule has 1 aliphatic rings. The van der Waals surface area contributed by atoms with Gasteiger partial charge in [0.25, 0.3) is 11.8 Å². The molecule has 2 atom stereocenters. The maximum Gasteiger partial charge on any atom is 0.339 e. The lowest BCUT2D eigenvalue weighted by Crippen LogP contribution is -2.39. The predicted octanol–water partition coefficient (Wildman–Crippen LogP) is 4.76. The third-order valence-electron chi connectivity index (χ3n) is 6.05. The van der Waals surface area contributed by atoms with Crippen LogP contribution in [-0.4, -0.2) is 38.1 Å². The first-order valence-corrected chi connectivity index (χ1v) is 12.5. The number of aryl methyl sites for hydroxylation is 1. The van der Waals surface area contributed by atoms with Gasteiger partial charge in [0, 0.05) is 0 Å². The number of esters is 1. The fourth-order valence-corrected chi connectivity index (χ4v) is 4.86. The second-order valence-electron chi connectivity index (χ2n) is 8.39. The highest BCUT2D eigenvalue weighted by Crippen LogP contribution is 2.37. The molecular formula is C27H28N2O6S. The highest BCUT2D eigenvalue weighted by Gasteiger charge is 2.27. The minimum atomic E-state index is -1.02. The highest BCUT2D eigenvalue weighted by atomic mass is 32.1. The molecule has 1 heterocycles. The molecule has 4 rings (SSSR count). The van der Waals surface area contributed by atoms with Gasteiger partial charge in [0.2, 0.25) is 0 Å². The molecule has 0 radical (unpaired) electrons. The van der Waals surface area contributed by atoms with Crippen LogP contribution in [0.2, 0.25) is 0 Å². The highest BCUT2D eigenvalue weighted by molar-refractivity contribution is 7.12. The molecule has 1 aromatic heterocycles. The molecule has 0 unspecified atom stereocenters. The van der Waals surface area contributed by atoms with Gasteiger partial charge in [-0.2, -0.15) is 0 Å². The summed E-state index contributed by atoms with van der Waals surface area (Å²) in [5.74, 6) is -0.951. The van der Waals surface area contributed by atoms with E-state index in [-0.39, 0.29) is 40.6 Å². The van der Waals surface area contributed by atoms with Crippen LogP contribution < -0.4 is 20.1 Å². The first-order chi connectivity index (χ1) is 17.4. The molecule has 2 aromatic carbocycles. The zero-order chi connectivity index (χ0) is 25.7. The van der Waals surface area contributed by atoms with Crippen LogP contribution in [0.3, 0.4) is 0 Å². The Bertz CT molecular complexity index is 1260. The maximum atomic E-state index is 13.0. The van der Waals surface area contributed by atoms with Crippen molar-refractivity contribution in [2.24, 2.45) is 0 Å². The Morgan fingerprint density at radius 1 is 1.06 bits per heavy atom. The third kappa shape index (κ3) is 5.52. The number of methoxy groups -OCH3 is 2. The predicted molar refractivity (Wildman–Crippen MR) is 137 cm³/mol. The van der Waals surface area contributed by atoms with E-state index < -0.39 is 12.1 Å². The maximum absolute atomic E-state index is 13.0. The zero-order valence-corrected chi connectivity index (χ0v) is 21.1. The van der Waals surface area contributed by atoms with Crippen molar-refractivity contribution in [3.63, 3.8) is 0 Å². The molecule has 0 spiro atoms. The monoisotopic (exact) mass is 508 g/mol. The van der Waals surface area contributed by atoms with Crippen LogP contribution in [0.1, 0.15) is 57.0 Å². The molecule has 188 valence electrons. The number of carbonyl (C=O) groups is 3. The molecule has 0 bridgehead atoms. The Labute approximate surface area is 213 Å². The largest absolute Gasteiger partial charge is 0.493 e. The fraction of sp³-hybridized carbons (Fsp3) is 0.296. The molecule has 0 saturated carbocycles. The smallest absolute Gasteiger partial charge is 0.339 e. The van der Waals surface area contributed by atoms with Gasteiger partial charge in [-0.05, 0) is 60.9 Å². The summed E-state index contributed by atoms with van der Waals surface area (Å²) in [6.07, 6.45) is 1.76. The minimum Gasteiger partial charge on any atom is -0.493 e. The Balaban J connectivity index is 1.48. The summed E-state index contributed by atoms with van der Waals surface area (Å²) in [4.78, 5) is 38.9. The van der Waals surface area contributed by atoms with Crippen LogP contribution in [-0.2, 0) is 16.0 Å². The van der Waals surface area contributed by atoms with E-state index in [1.807, 2.05) is 18.2 Å². The van der Waals surface area contributed by atoms with Crippen LogP contribution in [0.4, 0.5) is 5.69 Å². The molecular weight excluding hydrogens is 480 g/mol. The zero-order valence-electron chi connectivity index (χ0n) is 20.3. The van der Waals surface area contributed by atoms with Crippen molar-refractivity contribution in [2.45, 2.75) is 38.3 Å². The quantitative estimate of drug-likeness (QED) is 0.426. The second kappa shape index (κ2) is 11.3. The number of hydrogen-bond acceptors (Lipinski definition) is 7. The molecule has 0 fully saturated rings. The van der Waals surface area contributed by atoms with Gasteiger partial charge in [-0.1, -0.05) is 30.3 Å². The molecule has 3 aromatic rings. The second-order valence-corrected chi connectivity index (χ2v) is 9.34. The number of thiophene rings is 1. The van der Waals surface area contributed by atoms with E-state index in [0.29, 0.717) is 4.88 Å². The summed E-state index contributed by atoms with van der Waals surface area (Å²) in [5, 5.41) is 7.55. The summed E-state index contributed by atoms with van der Waals surface area (Å²) < 4.78 is 16.2. The van der Waals surface area contributed by atoms with Gasteiger partial charge in [-0.3, -0.25) is 9.59 Å². The molecule has 9 heteroatoms. The number of nitrogens with one attached hydrogen (secondary N) is 2. The fourth-order valence-electron chi connectivity index (χ4n) is 4.24. The van der Waals surface area contributed by atoms with Crippen molar-refractivity contribution in [3.05, 3.63) is 75.5 Å². The van der Waals surface area contributed by atoms with Gasteiger partial charge >= 0.3 is 5.97 Å². The molecule has 2 amide bonds. The lowest BCUT2D eigenvalue weighted by Gasteiger charge is -2.27. The third-order valence-corrected chi connectivity index (χ3v) is 6.92. The summed E-state index contributed by atoms with van der Waals surface area (Å²) in [6.45, 7) is 1.53. The average molecular weight is 509 g/mol. The number of anilines is 1. The van der Waals surface area contributed by atoms with Crippen LogP contribution >= 0.6 is 11.3 Å². The number of hydrogen-bond donors (Lipinski definition) is 2. The van der Waals surface area contributed by atoms with E-state index in [4.69, 9.17) is 14.2 Å². The van der Waals surface area contributed by atoms with Gasteiger partial charge in [0.1, 0.15) is 0 Å². The van der Waals surface area contributed by atoms with E-state index in [9.17, 15) is 14.4 Å². The molecule has 36 heavy (non-hydrogen) atoms. The Kier molecular flexibility index (Phi) is 7.90. The topological polar surface area (TPSA) is 103 Å². The number of benzene rings is 2. The van der Waals surface area contributed by atoms with E-state index in [1.54, 1.807) is 17.5 Å². The molecule has 2 N–H and O–H groups in total. The van der Waals surface area contributed by atoms with E-state index in [0.717, 1.165) is 24.8 Å². The van der Waals surface area contributed by atoms with Gasteiger partial charge < -0.3 is 24.8 Å². The number of rotatable bonds is 8. The van der Waals surface area contributed by atoms with Gasteiger partial charge in [-0.15, -0.1) is 11.3 Å². The first kappa shape index (κ1) is 25.2. The molecule has 8 nitrogen and oxygen atoms in total. The summed E-state index contributed by atoms with van der Waals surface area (Å²) >= 11 is 1.29. The van der Waals surface area contributed by atoms with Crippen LogP contribution in [0, 0.1) is 0 Å². The van der Waals surface area contributed by atoms with Crippen molar-refractivity contribution >= 4 is 34.8 Å². The van der Waals surface area contributed by atoms with Crippen molar-refractivity contribution in [1.82, 2.24) is 5.32 Å². The van der Waals surface area contributed by atoms with E-state index in [2.05, 4.69) is 16.7 Å². The molecule has 0 aliphatic heterocycles. The van der Waals surface area contributed by atoms with Gasteiger partial charge in [0.15, 0.2) is 17.6 Å². The van der Waals surface area contributed by atoms with Crippen molar-refractivity contribution in [3.8, 4) is 11.5 Å². The minimum absolute atomic E-state index is 0.108. The van der Waals surface area contributed by atoms with E-state index in [1.165, 1.54) is 50.2 Å². The van der Waals surface area contributed by atoms with E-state index >= 15 is 0 Å². The van der Waals surface area contributed by atoms with Crippen molar-refractivity contribution in [2.75, 3.05) is 19.5 Å². The van der Waals surface area contributed by atoms with Gasteiger partial charge in [-0.25, -0.2) is 4.79 Å². The van der Waals surface area contributed by atoms with Crippen LogP contribution in [0.5, 0.6) is 11.5 Å². The summed E-state index contributed by atoms with van der Waals surface area (Å²) in [7, 11) is 2.86. The number of amides is 2. The number of carbonyl (C=O) groups excluding carboxylic acids is 3. The Morgan fingerprint density at radius 3 is 2.58 bits per heavy atom. The summed E-state index contributed by atoms with van der Waals surface area (Å²) in [5.41, 5.74) is 2.68. The number of ether oxygens (including phenoxy) is 3. The Morgan fingerprint density at radius 2 is 1.86 bits per heavy atom. The Hall–Kier alpha value is -3.85.